The van der Waals surface area contributed by atoms with Crippen molar-refractivity contribution in [3.8, 4) is 12.3 Å². The Balaban J connectivity index is 0.00000160. The number of aryl methyl sites for hydroxylation is 1. The molecule has 1 heterocycles. The van der Waals surface area contributed by atoms with Gasteiger partial charge in [-0.3, -0.25) is 0 Å². The first-order chi connectivity index (χ1) is 13.6. The minimum absolute atomic E-state index is 0. The summed E-state index contributed by atoms with van der Waals surface area (Å²) >= 11 is 0. The first-order valence-corrected chi connectivity index (χ1v) is 10.5. The Kier molecular flexibility index (Phi) is 7.74. The zero-order valence-corrected chi connectivity index (χ0v) is 17.1. The summed E-state index contributed by atoms with van der Waals surface area (Å²) in [5.74, 6) is 2.76. The Morgan fingerprint density at radius 3 is 2.63 bits per heavy atom. The molecule has 160 valence electrons. The van der Waals surface area contributed by atoms with Gasteiger partial charge in [-0.1, -0.05) is 58.6 Å². The standard InChI is InChI=1S/C27H29N.2CH4.H2/c1-5-22-13-14-23(15-19(22)3)24-12-11-21(16-24)18-28-20(4)27-10-8-7-9-25(27)17-26(28)6-2;;;/h1,11,13-17H,4,6-10,12,18H2,2-3H3;2*1H4;1H. The van der Waals surface area contributed by atoms with Crippen LogP contribution in [0.15, 0.2) is 71.1 Å². The van der Waals surface area contributed by atoms with Gasteiger partial charge in [-0.25, -0.2) is 0 Å². The average Bonchev–Trinajstić information content (AvgIpc) is 3.18. The Morgan fingerprint density at radius 1 is 1.17 bits per heavy atom. The monoisotopic (exact) mass is 401 g/mol. The predicted octanol–water partition coefficient (Wildman–Crippen LogP) is 8.20. The van der Waals surface area contributed by atoms with Crippen LogP contribution >= 0.6 is 0 Å². The summed E-state index contributed by atoms with van der Waals surface area (Å²) in [6.45, 7) is 9.75. The van der Waals surface area contributed by atoms with Crippen LogP contribution in [0.25, 0.3) is 5.57 Å². The zero-order chi connectivity index (χ0) is 19.7. The lowest BCUT2D eigenvalue weighted by Crippen LogP contribution is -2.28. The molecule has 0 unspecified atom stereocenters. The van der Waals surface area contributed by atoms with Crippen LogP contribution < -0.4 is 0 Å². The fourth-order valence-corrected chi connectivity index (χ4v) is 4.62. The first-order valence-electron chi connectivity index (χ1n) is 10.5. The number of nitrogens with zero attached hydrogens (tertiary/aromatic N) is 1. The van der Waals surface area contributed by atoms with Crippen molar-refractivity contribution >= 4 is 5.57 Å². The highest BCUT2D eigenvalue weighted by Crippen LogP contribution is 2.39. The molecule has 3 aliphatic rings. The third-order valence-electron chi connectivity index (χ3n) is 6.27. The van der Waals surface area contributed by atoms with Crippen LogP contribution in [0, 0.1) is 19.3 Å². The highest BCUT2D eigenvalue weighted by atomic mass is 15.2. The maximum atomic E-state index is 5.57. The van der Waals surface area contributed by atoms with Gasteiger partial charge in [0.25, 0.3) is 0 Å². The third-order valence-corrected chi connectivity index (χ3v) is 6.27. The summed E-state index contributed by atoms with van der Waals surface area (Å²) in [6, 6.07) is 6.43. The maximum absolute atomic E-state index is 5.57. The zero-order valence-electron chi connectivity index (χ0n) is 17.1. The van der Waals surface area contributed by atoms with Crippen molar-refractivity contribution in [1.29, 1.82) is 0 Å². The van der Waals surface area contributed by atoms with Gasteiger partial charge in [0, 0.05) is 24.9 Å². The van der Waals surface area contributed by atoms with E-state index in [-0.39, 0.29) is 16.3 Å². The molecule has 1 aliphatic heterocycles. The van der Waals surface area contributed by atoms with Gasteiger partial charge in [0.15, 0.2) is 0 Å². The van der Waals surface area contributed by atoms with E-state index in [1.165, 1.54) is 70.5 Å². The smallest absolute Gasteiger partial charge is 0.0475 e. The van der Waals surface area contributed by atoms with Gasteiger partial charge in [0.2, 0.25) is 0 Å². The van der Waals surface area contributed by atoms with Crippen molar-refractivity contribution in [3.63, 3.8) is 0 Å². The van der Waals surface area contributed by atoms with Crippen LogP contribution in [0.2, 0.25) is 0 Å². The van der Waals surface area contributed by atoms with Crippen molar-refractivity contribution in [2.24, 2.45) is 0 Å². The highest BCUT2D eigenvalue weighted by molar-refractivity contribution is 5.74. The number of allylic oxidation sites excluding steroid dienone is 6. The van der Waals surface area contributed by atoms with Gasteiger partial charge in [0.1, 0.15) is 0 Å². The Labute approximate surface area is 186 Å². The fraction of sp³-hybridized carbons (Fsp3) is 0.379. The van der Waals surface area contributed by atoms with Crippen molar-refractivity contribution in [1.82, 2.24) is 4.90 Å². The molecule has 0 radical (unpaired) electrons. The van der Waals surface area contributed by atoms with Crippen LogP contribution in [0.3, 0.4) is 0 Å². The molecule has 0 saturated carbocycles. The second-order valence-corrected chi connectivity index (χ2v) is 8.06. The van der Waals surface area contributed by atoms with E-state index in [4.69, 9.17) is 6.42 Å². The number of benzene rings is 1. The van der Waals surface area contributed by atoms with E-state index in [1.54, 1.807) is 0 Å². The Bertz CT molecular complexity index is 994. The molecule has 1 heteroatoms. The van der Waals surface area contributed by atoms with Crippen LogP contribution in [-0.4, -0.2) is 11.4 Å². The summed E-state index contributed by atoms with van der Waals surface area (Å²) in [5.41, 5.74) is 11.9. The molecule has 0 fully saturated rings. The van der Waals surface area contributed by atoms with Crippen LogP contribution in [0.4, 0.5) is 0 Å². The molecule has 0 spiro atoms. The van der Waals surface area contributed by atoms with Gasteiger partial charge < -0.3 is 4.90 Å². The quantitative estimate of drug-likeness (QED) is 0.459. The summed E-state index contributed by atoms with van der Waals surface area (Å²) in [4.78, 5) is 2.45. The molecule has 1 nitrogen and oxygen atoms in total. The van der Waals surface area contributed by atoms with Gasteiger partial charge >= 0.3 is 0 Å². The average molecular weight is 402 g/mol. The molecule has 0 N–H and O–H groups in total. The summed E-state index contributed by atoms with van der Waals surface area (Å²) < 4.78 is 0. The molecule has 0 amide bonds. The third kappa shape index (κ3) is 4.39. The second-order valence-electron chi connectivity index (χ2n) is 8.06. The van der Waals surface area contributed by atoms with Gasteiger partial charge in [-0.2, -0.15) is 0 Å². The highest BCUT2D eigenvalue weighted by Gasteiger charge is 2.25. The molecule has 30 heavy (non-hydrogen) atoms. The number of hydrogen-bond donors (Lipinski definition) is 0. The number of hydrogen-bond acceptors (Lipinski definition) is 1. The summed E-state index contributed by atoms with van der Waals surface area (Å²) in [6.07, 6.45) is 19.8. The molecular weight excluding hydrogens is 362 g/mol. The van der Waals surface area contributed by atoms with Crippen LogP contribution in [-0.2, 0) is 0 Å². The van der Waals surface area contributed by atoms with E-state index in [0.29, 0.717) is 0 Å². The second kappa shape index (κ2) is 9.86. The minimum atomic E-state index is 0. The predicted molar refractivity (Wildman–Crippen MR) is 135 cm³/mol. The minimum Gasteiger partial charge on any atom is -0.341 e. The van der Waals surface area contributed by atoms with Crippen LogP contribution in [0.1, 0.15) is 78.4 Å². The topological polar surface area (TPSA) is 3.24 Å². The van der Waals surface area contributed by atoms with Crippen molar-refractivity contribution in [2.45, 2.75) is 67.2 Å². The molecule has 0 bridgehead atoms. The molecule has 2 aliphatic carbocycles. The molecule has 4 rings (SSSR count). The largest absolute Gasteiger partial charge is 0.341 e. The number of terminal acetylenes is 1. The van der Waals surface area contributed by atoms with E-state index in [0.717, 1.165) is 24.9 Å². The lowest BCUT2D eigenvalue weighted by Gasteiger charge is -2.37. The summed E-state index contributed by atoms with van der Waals surface area (Å²) in [5, 5.41) is 0. The molecular formula is C29H39N. The molecule has 0 atom stereocenters. The number of rotatable bonds is 4. The SMILES string of the molecule is C.C.C#Cc1ccc(C2=CC(CN3C(=C)C4=C(C=C3CC)CCCC4)=CC2)cc1C.[HH]. The van der Waals surface area contributed by atoms with Crippen molar-refractivity contribution < 1.29 is 1.43 Å². The molecule has 1 aromatic carbocycles. The van der Waals surface area contributed by atoms with Crippen molar-refractivity contribution in [3.05, 3.63) is 87.8 Å². The van der Waals surface area contributed by atoms with Gasteiger partial charge in [0.05, 0.1) is 0 Å². The lowest BCUT2D eigenvalue weighted by molar-refractivity contribution is 0.440. The van der Waals surface area contributed by atoms with Crippen molar-refractivity contribution in [2.75, 3.05) is 6.54 Å². The summed E-state index contributed by atoms with van der Waals surface area (Å²) in [7, 11) is 0. The first kappa shape index (κ1) is 23.6. The van der Waals surface area contributed by atoms with Crippen LogP contribution in [0.5, 0.6) is 0 Å². The Morgan fingerprint density at radius 2 is 1.93 bits per heavy atom. The maximum Gasteiger partial charge on any atom is 0.0475 e. The van der Waals surface area contributed by atoms with Gasteiger partial charge in [-0.15, -0.1) is 6.42 Å². The van der Waals surface area contributed by atoms with E-state index < -0.39 is 0 Å². The van der Waals surface area contributed by atoms with E-state index in [2.05, 4.69) is 67.7 Å². The van der Waals surface area contributed by atoms with E-state index in [9.17, 15) is 0 Å². The normalized spacial score (nSPS) is 17.8. The molecule has 0 aromatic heterocycles. The van der Waals surface area contributed by atoms with Gasteiger partial charge in [-0.05, 0) is 91.0 Å². The molecule has 1 aromatic rings. The molecule has 0 saturated heterocycles. The Hall–Kier alpha value is -2.72. The fourth-order valence-electron chi connectivity index (χ4n) is 4.62. The lowest BCUT2D eigenvalue weighted by atomic mass is 9.86. The van der Waals surface area contributed by atoms with E-state index >= 15 is 0 Å². The van der Waals surface area contributed by atoms with E-state index in [1.807, 2.05) is 0 Å².